The summed E-state index contributed by atoms with van der Waals surface area (Å²) in [6, 6.07) is 77.0. The second-order valence-corrected chi connectivity index (χ2v) is 22.9. The fourth-order valence-corrected chi connectivity index (χ4v) is 12.8. The molecule has 0 fully saturated rings. The highest BCUT2D eigenvalue weighted by Crippen LogP contribution is 2.49. The number of rotatable bonds is 5. The topological polar surface area (TPSA) is 22.9 Å². The van der Waals surface area contributed by atoms with Crippen molar-refractivity contribution in [1.29, 1.82) is 0 Å². The molecule has 0 saturated carbocycles. The molecule has 0 amide bonds. The Morgan fingerprint density at radius 1 is 0.431 bits per heavy atom. The Morgan fingerprint density at radius 2 is 1.01 bits per heavy atom. The van der Waals surface area contributed by atoms with Gasteiger partial charge in [-0.15, -0.1) is 11.3 Å². The molecule has 72 heavy (non-hydrogen) atoms. The van der Waals surface area contributed by atoms with E-state index in [2.05, 4.69) is 262 Å². The van der Waals surface area contributed by atoms with Gasteiger partial charge in [0.2, 0.25) is 0 Å². The van der Waals surface area contributed by atoms with E-state index in [-0.39, 0.29) is 17.5 Å². The van der Waals surface area contributed by atoms with Crippen molar-refractivity contribution in [3.63, 3.8) is 0 Å². The molecular formula is C66H52BN3OS. The second kappa shape index (κ2) is 15.7. The summed E-state index contributed by atoms with van der Waals surface area (Å²) in [4.78, 5) is 7.48. The minimum Gasteiger partial charge on any atom is -0.454 e. The lowest BCUT2D eigenvalue weighted by molar-refractivity contribution is 0.590. The highest BCUT2D eigenvalue weighted by atomic mass is 32.1. The van der Waals surface area contributed by atoms with Gasteiger partial charge in [0, 0.05) is 76.4 Å². The summed E-state index contributed by atoms with van der Waals surface area (Å²) in [5, 5.41) is 7.18. The van der Waals surface area contributed by atoms with E-state index in [1.54, 1.807) is 0 Å². The van der Waals surface area contributed by atoms with Crippen LogP contribution in [0.4, 0.5) is 51.2 Å². The van der Waals surface area contributed by atoms with Gasteiger partial charge < -0.3 is 19.1 Å². The van der Waals surface area contributed by atoms with Gasteiger partial charge in [-0.3, -0.25) is 0 Å². The van der Waals surface area contributed by atoms with Gasteiger partial charge in [0.25, 0.3) is 6.71 Å². The number of benzene rings is 10. The molecule has 0 radical (unpaired) electrons. The largest absolute Gasteiger partial charge is 0.454 e. The standard InChI is InChI=1S/C66H52BN3OS/c1-65(2,3)43-26-31-45(32-27-43)69-55-20-14-21-56-63(55)67(54-40-62-52(50-18-10-12-24-61(50)72-62)39-59(54)70(56)46-33-28-44(29-34-46)66(4,5)6)53-36-35-48(38-58(53)69)68(47-30-25-41-15-7-8-16-42(41)37-47)57-22-13-19-51-49-17-9-11-23-60(49)71-64(51)57/h7-40H,1-6H3. The molecule has 0 N–H and O–H groups in total. The predicted molar refractivity (Wildman–Crippen MR) is 310 cm³/mol. The number of furan rings is 1. The van der Waals surface area contributed by atoms with E-state index < -0.39 is 0 Å². The van der Waals surface area contributed by atoms with Gasteiger partial charge in [0.05, 0.1) is 5.69 Å². The lowest BCUT2D eigenvalue weighted by Gasteiger charge is -2.44. The fourth-order valence-electron chi connectivity index (χ4n) is 11.7. The molecule has 0 unspecified atom stereocenters. The molecule has 0 saturated heterocycles. The van der Waals surface area contributed by atoms with Crippen LogP contribution in [0.25, 0.3) is 52.9 Å². The van der Waals surface area contributed by atoms with Crippen LogP contribution < -0.4 is 31.1 Å². The van der Waals surface area contributed by atoms with E-state index >= 15 is 0 Å². The first-order valence-electron chi connectivity index (χ1n) is 25.2. The first kappa shape index (κ1) is 42.8. The Bertz CT molecular complexity index is 4150. The van der Waals surface area contributed by atoms with Gasteiger partial charge in [-0.05, 0) is 140 Å². The maximum absolute atomic E-state index is 6.85. The third kappa shape index (κ3) is 6.58. The highest BCUT2D eigenvalue weighted by Gasteiger charge is 2.44. The predicted octanol–water partition coefficient (Wildman–Crippen LogP) is 17.3. The van der Waals surface area contributed by atoms with Crippen LogP contribution in [0.15, 0.2) is 211 Å². The van der Waals surface area contributed by atoms with E-state index in [1.807, 2.05) is 11.3 Å². The summed E-state index contributed by atoms with van der Waals surface area (Å²) in [5.74, 6) is 0. The van der Waals surface area contributed by atoms with Gasteiger partial charge in [-0.25, -0.2) is 0 Å². The van der Waals surface area contributed by atoms with E-state index in [9.17, 15) is 0 Å². The number of para-hydroxylation sites is 2. The zero-order valence-corrected chi connectivity index (χ0v) is 42.2. The fraction of sp³-hybridized carbons (Fsp3) is 0.121. The zero-order valence-electron chi connectivity index (χ0n) is 41.4. The number of fused-ring (bicyclic) bond motifs is 11. The quantitative estimate of drug-likeness (QED) is 0.160. The summed E-state index contributed by atoms with van der Waals surface area (Å²) in [7, 11) is 0. The van der Waals surface area contributed by atoms with E-state index in [4.69, 9.17) is 4.42 Å². The second-order valence-electron chi connectivity index (χ2n) is 21.8. The van der Waals surface area contributed by atoms with Crippen molar-refractivity contribution < 1.29 is 4.42 Å². The summed E-state index contributed by atoms with van der Waals surface area (Å²) in [5.41, 5.74) is 18.4. The van der Waals surface area contributed by atoms with Gasteiger partial charge >= 0.3 is 0 Å². The van der Waals surface area contributed by atoms with Crippen LogP contribution in [0, 0.1) is 0 Å². The Morgan fingerprint density at radius 3 is 1.72 bits per heavy atom. The Hall–Kier alpha value is -8.06. The molecule has 346 valence electrons. The van der Waals surface area contributed by atoms with Crippen molar-refractivity contribution in [2.45, 2.75) is 52.4 Å². The number of hydrogen-bond acceptors (Lipinski definition) is 5. The Labute approximate surface area is 425 Å². The zero-order chi connectivity index (χ0) is 48.6. The minimum atomic E-state index is -0.0482. The summed E-state index contributed by atoms with van der Waals surface area (Å²) in [6.07, 6.45) is 0. The SMILES string of the molecule is CC(C)(C)c1ccc(N2c3cc(N(c4ccc5ccccc5c4)c4cccc5c4oc4ccccc45)ccc3B3c4cc5sc6ccccc6c5cc4N(c4ccc(C(C)(C)C)cc4)c4cccc2c43)cc1. The van der Waals surface area contributed by atoms with Crippen molar-refractivity contribution in [3.8, 4) is 0 Å². The molecule has 0 atom stereocenters. The lowest BCUT2D eigenvalue weighted by atomic mass is 9.33. The maximum Gasteiger partial charge on any atom is 0.252 e. The minimum absolute atomic E-state index is 0.00518. The van der Waals surface area contributed by atoms with Gasteiger partial charge in [0.1, 0.15) is 5.58 Å². The monoisotopic (exact) mass is 945 g/mol. The van der Waals surface area contributed by atoms with Crippen molar-refractivity contribution >= 4 is 139 Å². The molecule has 6 heteroatoms. The van der Waals surface area contributed by atoms with Crippen molar-refractivity contribution in [3.05, 3.63) is 217 Å². The number of nitrogens with zero attached hydrogens (tertiary/aromatic N) is 3. The molecule has 2 aliphatic heterocycles. The maximum atomic E-state index is 6.85. The van der Waals surface area contributed by atoms with Crippen LogP contribution in [0.2, 0.25) is 0 Å². The summed E-state index contributed by atoms with van der Waals surface area (Å²) < 4.78 is 9.46. The molecule has 2 aliphatic rings. The van der Waals surface area contributed by atoms with E-state index in [1.165, 1.54) is 75.5 Å². The molecule has 12 aromatic rings. The third-order valence-corrected chi connectivity index (χ3v) is 16.5. The first-order chi connectivity index (χ1) is 35.0. The van der Waals surface area contributed by atoms with E-state index in [0.717, 1.165) is 56.1 Å². The Balaban J connectivity index is 1.05. The molecular weight excluding hydrogens is 894 g/mol. The smallest absolute Gasteiger partial charge is 0.252 e. The summed E-state index contributed by atoms with van der Waals surface area (Å²) in [6.45, 7) is 13.7. The van der Waals surface area contributed by atoms with Crippen LogP contribution in [0.1, 0.15) is 52.7 Å². The number of hydrogen-bond donors (Lipinski definition) is 0. The Kier molecular flexibility index (Phi) is 9.34. The van der Waals surface area contributed by atoms with Gasteiger partial charge in [0.15, 0.2) is 5.58 Å². The van der Waals surface area contributed by atoms with Crippen molar-refractivity contribution in [1.82, 2.24) is 0 Å². The third-order valence-electron chi connectivity index (χ3n) is 15.3. The highest BCUT2D eigenvalue weighted by molar-refractivity contribution is 7.26. The number of anilines is 9. The average molecular weight is 946 g/mol. The van der Waals surface area contributed by atoms with E-state index in [0.29, 0.717) is 0 Å². The molecule has 2 aromatic heterocycles. The molecule has 0 spiro atoms. The van der Waals surface area contributed by atoms with Crippen LogP contribution in [-0.4, -0.2) is 6.71 Å². The van der Waals surface area contributed by atoms with Gasteiger partial charge in [-0.2, -0.15) is 0 Å². The van der Waals surface area contributed by atoms with Crippen LogP contribution in [0.5, 0.6) is 0 Å². The number of thiophene rings is 1. The summed E-state index contributed by atoms with van der Waals surface area (Å²) >= 11 is 1.89. The van der Waals surface area contributed by atoms with Crippen LogP contribution >= 0.6 is 11.3 Å². The first-order valence-corrected chi connectivity index (χ1v) is 26.0. The molecule has 14 rings (SSSR count). The van der Waals surface area contributed by atoms with Crippen molar-refractivity contribution in [2.75, 3.05) is 14.7 Å². The normalized spacial score (nSPS) is 13.3. The molecule has 10 aromatic carbocycles. The van der Waals surface area contributed by atoms with Crippen LogP contribution in [-0.2, 0) is 10.8 Å². The molecule has 4 nitrogen and oxygen atoms in total. The molecule has 0 aliphatic carbocycles. The molecule has 4 heterocycles. The van der Waals surface area contributed by atoms with Gasteiger partial charge in [-0.1, -0.05) is 157 Å². The molecule has 0 bridgehead atoms. The van der Waals surface area contributed by atoms with Crippen LogP contribution in [0.3, 0.4) is 0 Å². The average Bonchev–Trinajstić information content (AvgIpc) is 3.96. The lowest BCUT2D eigenvalue weighted by Crippen LogP contribution is -2.61. The van der Waals surface area contributed by atoms with Crippen molar-refractivity contribution in [2.24, 2.45) is 0 Å².